The zero-order valence-corrected chi connectivity index (χ0v) is 12.2. The van der Waals surface area contributed by atoms with Crippen molar-refractivity contribution in [3.63, 3.8) is 0 Å². The van der Waals surface area contributed by atoms with Gasteiger partial charge in [0.25, 0.3) is 0 Å². The van der Waals surface area contributed by atoms with E-state index in [4.69, 9.17) is 9.47 Å². The average Bonchev–Trinajstić information content (AvgIpc) is 2.39. The maximum Gasteiger partial charge on any atom is 0.323 e. The Kier molecular flexibility index (Phi) is 6.09. The Morgan fingerprint density at radius 2 is 2.17 bits per heavy atom. The van der Waals surface area contributed by atoms with E-state index < -0.39 is 0 Å². The molecule has 4 nitrogen and oxygen atoms in total. The molecule has 0 radical (unpaired) electrons. The number of hydrogen-bond acceptors (Lipinski definition) is 4. The molecule has 1 fully saturated rings. The zero-order chi connectivity index (χ0) is 13.6. The van der Waals surface area contributed by atoms with E-state index in [2.05, 4.69) is 18.7 Å². The average molecular weight is 257 g/mol. The first-order valence-electron chi connectivity index (χ1n) is 6.93. The van der Waals surface area contributed by atoms with Crippen molar-refractivity contribution in [2.75, 3.05) is 27.3 Å². The number of ether oxygens (including phenoxy) is 2. The molecule has 1 rings (SSSR count). The van der Waals surface area contributed by atoms with Crippen LogP contribution in [-0.4, -0.2) is 49.8 Å². The van der Waals surface area contributed by atoms with E-state index in [1.165, 1.54) is 7.11 Å². The second-order valence-corrected chi connectivity index (χ2v) is 5.41. The van der Waals surface area contributed by atoms with Gasteiger partial charge in [0.05, 0.1) is 12.7 Å². The Bertz CT molecular complexity index is 270. The number of methoxy groups -OCH3 is 2. The van der Waals surface area contributed by atoms with Crippen LogP contribution >= 0.6 is 0 Å². The first-order valence-corrected chi connectivity index (χ1v) is 6.93. The molecule has 2 atom stereocenters. The van der Waals surface area contributed by atoms with Gasteiger partial charge in [-0.3, -0.25) is 9.69 Å². The molecule has 0 aliphatic carbocycles. The normalized spacial score (nSPS) is 26.9. The Morgan fingerprint density at radius 1 is 1.44 bits per heavy atom. The summed E-state index contributed by atoms with van der Waals surface area (Å²) in [5.41, 5.74) is -0.128. The van der Waals surface area contributed by atoms with Crippen LogP contribution in [0, 0.1) is 0 Å². The summed E-state index contributed by atoms with van der Waals surface area (Å²) in [7, 11) is 3.23. The standard InChI is InChI=1S/C14H27NO3/c1-5-6-8-12(13(16)17-3)15-10-7-9-14(2,11-15)18-4/h12H,5-11H2,1-4H3. The molecule has 0 bridgehead atoms. The second-order valence-electron chi connectivity index (χ2n) is 5.41. The summed E-state index contributed by atoms with van der Waals surface area (Å²) >= 11 is 0. The molecule has 1 aliphatic rings. The van der Waals surface area contributed by atoms with E-state index in [1.807, 2.05) is 0 Å². The quantitative estimate of drug-likeness (QED) is 0.684. The van der Waals surface area contributed by atoms with Gasteiger partial charge in [0.2, 0.25) is 0 Å². The largest absolute Gasteiger partial charge is 0.468 e. The van der Waals surface area contributed by atoms with Gasteiger partial charge in [0, 0.05) is 13.7 Å². The molecule has 1 heterocycles. The smallest absolute Gasteiger partial charge is 0.323 e. The number of likely N-dealkylation sites (tertiary alicyclic amines) is 1. The monoisotopic (exact) mass is 257 g/mol. The van der Waals surface area contributed by atoms with Crippen LogP contribution in [0.3, 0.4) is 0 Å². The van der Waals surface area contributed by atoms with Crippen molar-refractivity contribution >= 4 is 5.97 Å². The number of carbonyl (C=O) groups excluding carboxylic acids is 1. The van der Waals surface area contributed by atoms with Crippen LogP contribution in [0.1, 0.15) is 46.0 Å². The lowest BCUT2D eigenvalue weighted by Crippen LogP contribution is -2.53. The van der Waals surface area contributed by atoms with Crippen LogP contribution in [0.4, 0.5) is 0 Å². The third kappa shape index (κ3) is 3.95. The topological polar surface area (TPSA) is 38.8 Å². The highest BCUT2D eigenvalue weighted by Gasteiger charge is 2.36. The fourth-order valence-corrected chi connectivity index (χ4v) is 2.66. The van der Waals surface area contributed by atoms with E-state index in [1.54, 1.807) is 7.11 Å². The highest BCUT2D eigenvalue weighted by Crippen LogP contribution is 2.26. The van der Waals surface area contributed by atoms with Gasteiger partial charge in [0.15, 0.2) is 0 Å². The van der Waals surface area contributed by atoms with E-state index in [-0.39, 0.29) is 17.6 Å². The van der Waals surface area contributed by atoms with E-state index in [0.29, 0.717) is 0 Å². The van der Waals surface area contributed by atoms with Crippen LogP contribution in [0.2, 0.25) is 0 Å². The minimum absolute atomic E-state index is 0.107. The molecule has 18 heavy (non-hydrogen) atoms. The Balaban J connectivity index is 2.69. The van der Waals surface area contributed by atoms with Gasteiger partial charge >= 0.3 is 5.97 Å². The maximum absolute atomic E-state index is 11.9. The van der Waals surface area contributed by atoms with Crippen molar-refractivity contribution in [2.45, 2.75) is 57.6 Å². The lowest BCUT2D eigenvalue weighted by atomic mass is 9.92. The highest BCUT2D eigenvalue weighted by atomic mass is 16.5. The van der Waals surface area contributed by atoms with Crippen molar-refractivity contribution in [3.8, 4) is 0 Å². The molecule has 1 aliphatic heterocycles. The first-order chi connectivity index (χ1) is 8.56. The van der Waals surface area contributed by atoms with Gasteiger partial charge in [-0.1, -0.05) is 19.8 Å². The molecule has 0 aromatic heterocycles. The number of esters is 1. The summed E-state index contributed by atoms with van der Waals surface area (Å²) in [5, 5.41) is 0. The lowest BCUT2D eigenvalue weighted by Gasteiger charge is -2.42. The summed E-state index contributed by atoms with van der Waals surface area (Å²) in [6.45, 7) is 6.03. The Labute approximate surface area is 111 Å². The fraction of sp³-hybridized carbons (Fsp3) is 0.929. The molecule has 1 saturated heterocycles. The number of piperidine rings is 1. The third-order valence-electron chi connectivity index (χ3n) is 3.93. The van der Waals surface area contributed by atoms with Crippen LogP contribution in [0.15, 0.2) is 0 Å². The number of nitrogens with zero attached hydrogens (tertiary/aromatic N) is 1. The highest BCUT2D eigenvalue weighted by molar-refractivity contribution is 5.75. The number of hydrogen-bond donors (Lipinski definition) is 0. The van der Waals surface area contributed by atoms with Crippen molar-refractivity contribution in [2.24, 2.45) is 0 Å². The molecule has 0 aromatic carbocycles. The van der Waals surface area contributed by atoms with E-state index in [9.17, 15) is 4.79 Å². The predicted octanol–water partition coefficient (Wildman–Crippen LogP) is 2.22. The SMILES string of the molecule is CCCCC(C(=O)OC)N1CCCC(C)(OC)C1. The van der Waals surface area contributed by atoms with E-state index in [0.717, 1.165) is 45.2 Å². The van der Waals surface area contributed by atoms with Crippen molar-refractivity contribution in [1.82, 2.24) is 4.90 Å². The van der Waals surface area contributed by atoms with Gasteiger partial charge in [0.1, 0.15) is 6.04 Å². The minimum atomic E-state index is -0.128. The fourth-order valence-electron chi connectivity index (χ4n) is 2.66. The molecule has 0 saturated carbocycles. The van der Waals surface area contributed by atoms with Gasteiger partial charge in [-0.05, 0) is 32.7 Å². The lowest BCUT2D eigenvalue weighted by molar-refractivity contribution is -0.150. The van der Waals surface area contributed by atoms with Gasteiger partial charge in [-0.2, -0.15) is 0 Å². The van der Waals surface area contributed by atoms with E-state index >= 15 is 0 Å². The number of carbonyl (C=O) groups is 1. The number of rotatable bonds is 6. The maximum atomic E-state index is 11.9. The summed E-state index contributed by atoms with van der Waals surface area (Å²) in [5.74, 6) is -0.108. The number of unbranched alkanes of at least 4 members (excludes halogenated alkanes) is 1. The minimum Gasteiger partial charge on any atom is -0.468 e. The molecule has 0 amide bonds. The van der Waals surface area contributed by atoms with Gasteiger partial charge in [-0.25, -0.2) is 0 Å². The molecule has 106 valence electrons. The molecular weight excluding hydrogens is 230 g/mol. The molecular formula is C14H27NO3. The zero-order valence-electron chi connectivity index (χ0n) is 12.2. The molecule has 0 aromatic rings. The Hall–Kier alpha value is -0.610. The molecule has 2 unspecified atom stereocenters. The Morgan fingerprint density at radius 3 is 2.72 bits per heavy atom. The van der Waals surface area contributed by atoms with Crippen molar-refractivity contribution in [1.29, 1.82) is 0 Å². The van der Waals surface area contributed by atoms with Gasteiger partial charge in [-0.15, -0.1) is 0 Å². The van der Waals surface area contributed by atoms with Crippen LogP contribution in [0.25, 0.3) is 0 Å². The molecule has 0 N–H and O–H groups in total. The van der Waals surface area contributed by atoms with Gasteiger partial charge < -0.3 is 9.47 Å². The second kappa shape index (κ2) is 7.10. The van der Waals surface area contributed by atoms with Crippen LogP contribution < -0.4 is 0 Å². The summed E-state index contributed by atoms with van der Waals surface area (Å²) < 4.78 is 10.5. The summed E-state index contributed by atoms with van der Waals surface area (Å²) in [6, 6.07) is -0.107. The van der Waals surface area contributed by atoms with Crippen LogP contribution in [-0.2, 0) is 14.3 Å². The third-order valence-corrected chi connectivity index (χ3v) is 3.93. The predicted molar refractivity (Wildman–Crippen MR) is 71.6 cm³/mol. The summed E-state index contributed by atoms with van der Waals surface area (Å²) in [6.07, 6.45) is 5.16. The van der Waals surface area contributed by atoms with Crippen molar-refractivity contribution < 1.29 is 14.3 Å². The van der Waals surface area contributed by atoms with Crippen molar-refractivity contribution in [3.05, 3.63) is 0 Å². The summed E-state index contributed by atoms with van der Waals surface area (Å²) in [4.78, 5) is 14.1. The van der Waals surface area contributed by atoms with Crippen LogP contribution in [0.5, 0.6) is 0 Å². The first kappa shape index (κ1) is 15.4. The molecule has 0 spiro atoms. The molecule has 4 heteroatoms.